The largest absolute Gasteiger partial charge is 0.416 e. The zero-order valence-electron chi connectivity index (χ0n) is 15.7. The zero-order chi connectivity index (χ0) is 19.6. The first-order valence-electron chi connectivity index (χ1n) is 9.35. The van der Waals surface area contributed by atoms with Crippen LogP contribution in [0.15, 0.2) is 18.2 Å². The van der Waals surface area contributed by atoms with Gasteiger partial charge in [-0.25, -0.2) is 0 Å². The lowest BCUT2D eigenvalue weighted by atomic mass is 10.1. The number of anilines is 1. The Balaban J connectivity index is 0.00000280. The number of hydrogen-bond acceptors (Lipinski definition) is 3. The first-order chi connectivity index (χ1) is 12.8. The number of benzene rings is 1. The van der Waals surface area contributed by atoms with Gasteiger partial charge in [-0.1, -0.05) is 6.92 Å². The van der Waals surface area contributed by atoms with E-state index in [0.717, 1.165) is 31.5 Å². The molecule has 1 unspecified atom stereocenters. The van der Waals surface area contributed by atoms with Crippen molar-refractivity contribution >= 4 is 29.9 Å². The van der Waals surface area contributed by atoms with Crippen molar-refractivity contribution < 1.29 is 22.8 Å². The predicted molar refractivity (Wildman–Crippen MR) is 103 cm³/mol. The smallest absolute Gasteiger partial charge is 0.334 e. The third-order valence-corrected chi connectivity index (χ3v) is 5.08. The number of rotatable bonds is 5. The summed E-state index contributed by atoms with van der Waals surface area (Å²) in [5.41, 5.74) is -0.763. The van der Waals surface area contributed by atoms with Gasteiger partial charge in [-0.05, 0) is 44.0 Å². The van der Waals surface area contributed by atoms with Gasteiger partial charge in [-0.2, -0.15) is 13.2 Å². The number of halogens is 4. The third-order valence-electron chi connectivity index (χ3n) is 5.08. The van der Waals surface area contributed by atoms with Crippen LogP contribution in [0.2, 0.25) is 0 Å². The standard InChI is InChI=1S/C19H24F3N3O2.ClH/c1-2-7-25(15-5-6-23-12-15)18(27)13-9-14(19(20,21)22)11-16(10-13)24-8-3-4-17(24)26;/h9-11,15,23H,2-8,12H2,1H3;1H. The summed E-state index contributed by atoms with van der Waals surface area (Å²) < 4.78 is 40.2. The number of nitrogens with zero attached hydrogens (tertiary/aromatic N) is 2. The van der Waals surface area contributed by atoms with E-state index in [1.807, 2.05) is 6.92 Å². The highest BCUT2D eigenvalue weighted by molar-refractivity contribution is 5.99. The average molecular weight is 420 g/mol. The van der Waals surface area contributed by atoms with E-state index in [9.17, 15) is 22.8 Å². The minimum atomic E-state index is -4.59. The van der Waals surface area contributed by atoms with Gasteiger partial charge in [0, 0.05) is 43.3 Å². The Morgan fingerprint density at radius 2 is 2.07 bits per heavy atom. The number of nitrogens with one attached hydrogen (secondary N) is 1. The van der Waals surface area contributed by atoms with Crippen LogP contribution in [-0.4, -0.2) is 48.9 Å². The van der Waals surface area contributed by atoms with E-state index in [1.54, 1.807) is 4.90 Å². The Bertz CT molecular complexity index is 721. The van der Waals surface area contributed by atoms with E-state index in [1.165, 1.54) is 11.0 Å². The van der Waals surface area contributed by atoms with Crippen LogP contribution in [0.3, 0.4) is 0 Å². The fraction of sp³-hybridized carbons (Fsp3) is 0.579. The van der Waals surface area contributed by atoms with E-state index in [0.29, 0.717) is 32.5 Å². The minimum absolute atomic E-state index is 0. The Morgan fingerprint density at radius 1 is 1.32 bits per heavy atom. The van der Waals surface area contributed by atoms with Crippen molar-refractivity contribution in [3.8, 4) is 0 Å². The molecule has 0 aromatic heterocycles. The average Bonchev–Trinajstić information content (AvgIpc) is 3.29. The van der Waals surface area contributed by atoms with E-state index in [-0.39, 0.29) is 35.6 Å². The van der Waals surface area contributed by atoms with Crippen LogP contribution in [0.25, 0.3) is 0 Å². The van der Waals surface area contributed by atoms with E-state index >= 15 is 0 Å². The van der Waals surface area contributed by atoms with Crippen molar-refractivity contribution in [2.24, 2.45) is 0 Å². The van der Waals surface area contributed by atoms with Crippen molar-refractivity contribution in [3.05, 3.63) is 29.3 Å². The lowest BCUT2D eigenvalue weighted by Crippen LogP contribution is -2.42. The predicted octanol–water partition coefficient (Wildman–Crippen LogP) is 3.47. The summed E-state index contributed by atoms with van der Waals surface area (Å²) in [5.74, 6) is -0.623. The SMILES string of the molecule is CCCN(C(=O)c1cc(N2CCCC2=O)cc(C(F)(F)F)c1)C1CCNC1.Cl. The van der Waals surface area contributed by atoms with Crippen LogP contribution >= 0.6 is 12.4 Å². The molecule has 2 aliphatic rings. The molecule has 5 nitrogen and oxygen atoms in total. The molecule has 2 amide bonds. The van der Waals surface area contributed by atoms with Crippen molar-refractivity contribution in [1.29, 1.82) is 0 Å². The lowest BCUT2D eigenvalue weighted by Gasteiger charge is -2.29. The normalized spacial score (nSPS) is 19.6. The van der Waals surface area contributed by atoms with Gasteiger partial charge in [0.25, 0.3) is 5.91 Å². The first kappa shape index (κ1) is 22.5. The Kier molecular flexibility index (Phi) is 7.33. The van der Waals surface area contributed by atoms with Gasteiger partial charge in [0.05, 0.1) is 5.56 Å². The summed E-state index contributed by atoms with van der Waals surface area (Å²) >= 11 is 0. The topological polar surface area (TPSA) is 52.7 Å². The second kappa shape index (κ2) is 9.13. The van der Waals surface area contributed by atoms with Gasteiger partial charge in [-0.15, -0.1) is 12.4 Å². The van der Waals surface area contributed by atoms with E-state index < -0.39 is 17.6 Å². The van der Waals surface area contributed by atoms with Gasteiger partial charge >= 0.3 is 6.18 Å². The summed E-state index contributed by atoms with van der Waals surface area (Å²) in [6, 6.07) is 3.26. The Morgan fingerprint density at radius 3 is 2.61 bits per heavy atom. The molecule has 3 rings (SSSR count). The fourth-order valence-corrected chi connectivity index (χ4v) is 3.74. The molecule has 0 spiro atoms. The van der Waals surface area contributed by atoms with Crippen LogP contribution in [-0.2, 0) is 11.0 Å². The van der Waals surface area contributed by atoms with Gasteiger partial charge in [0.2, 0.25) is 5.91 Å². The summed E-state index contributed by atoms with van der Waals surface area (Å²) in [5, 5.41) is 3.19. The van der Waals surface area contributed by atoms with Crippen molar-refractivity contribution in [3.63, 3.8) is 0 Å². The second-order valence-electron chi connectivity index (χ2n) is 7.06. The van der Waals surface area contributed by atoms with Crippen molar-refractivity contribution in [2.75, 3.05) is 31.1 Å². The van der Waals surface area contributed by atoms with Crippen LogP contribution in [0.5, 0.6) is 0 Å². The molecule has 1 N–H and O–H groups in total. The molecule has 0 saturated carbocycles. The summed E-state index contributed by atoms with van der Waals surface area (Å²) in [7, 11) is 0. The van der Waals surface area contributed by atoms with Gasteiger partial charge in [-0.3, -0.25) is 9.59 Å². The molecular weight excluding hydrogens is 395 g/mol. The van der Waals surface area contributed by atoms with E-state index in [4.69, 9.17) is 0 Å². The number of alkyl halides is 3. The van der Waals surface area contributed by atoms with Crippen LogP contribution < -0.4 is 10.2 Å². The molecule has 2 heterocycles. The van der Waals surface area contributed by atoms with E-state index in [2.05, 4.69) is 5.32 Å². The minimum Gasteiger partial charge on any atom is -0.334 e. The number of amides is 2. The molecule has 0 aliphatic carbocycles. The third kappa shape index (κ3) is 4.78. The molecule has 2 fully saturated rings. The summed E-state index contributed by atoms with van der Waals surface area (Å²) in [6.07, 6.45) is -2.16. The molecule has 0 radical (unpaired) electrons. The summed E-state index contributed by atoms with van der Waals surface area (Å²) in [6.45, 7) is 4.22. The summed E-state index contributed by atoms with van der Waals surface area (Å²) in [4.78, 5) is 28.1. The maximum absolute atomic E-state index is 13.4. The maximum Gasteiger partial charge on any atom is 0.416 e. The molecule has 28 heavy (non-hydrogen) atoms. The first-order valence-corrected chi connectivity index (χ1v) is 9.35. The second-order valence-corrected chi connectivity index (χ2v) is 7.06. The molecule has 156 valence electrons. The molecule has 1 aromatic rings. The number of carbonyl (C=O) groups excluding carboxylic acids is 2. The number of hydrogen-bond donors (Lipinski definition) is 1. The highest BCUT2D eigenvalue weighted by Gasteiger charge is 2.35. The number of carbonyl (C=O) groups is 2. The van der Waals surface area contributed by atoms with Crippen LogP contribution in [0.4, 0.5) is 18.9 Å². The quantitative estimate of drug-likeness (QED) is 0.795. The molecule has 2 saturated heterocycles. The maximum atomic E-state index is 13.4. The van der Waals surface area contributed by atoms with Crippen LogP contribution in [0.1, 0.15) is 48.5 Å². The lowest BCUT2D eigenvalue weighted by molar-refractivity contribution is -0.137. The van der Waals surface area contributed by atoms with Crippen LogP contribution in [0, 0.1) is 0 Å². The molecule has 1 atom stereocenters. The van der Waals surface area contributed by atoms with Gasteiger partial charge in [0.15, 0.2) is 0 Å². The van der Waals surface area contributed by atoms with Crippen molar-refractivity contribution in [2.45, 2.75) is 44.8 Å². The fourth-order valence-electron chi connectivity index (χ4n) is 3.74. The van der Waals surface area contributed by atoms with Gasteiger partial charge in [0.1, 0.15) is 0 Å². The molecule has 0 bridgehead atoms. The Labute approximate surface area is 168 Å². The Hall–Kier alpha value is -1.80. The molecule has 2 aliphatic heterocycles. The molecule has 9 heteroatoms. The molecule has 1 aromatic carbocycles. The highest BCUT2D eigenvalue weighted by Crippen LogP contribution is 2.34. The highest BCUT2D eigenvalue weighted by atomic mass is 35.5. The monoisotopic (exact) mass is 419 g/mol. The van der Waals surface area contributed by atoms with Gasteiger partial charge < -0.3 is 15.1 Å². The zero-order valence-corrected chi connectivity index (χ0v) is 16.5. The molecular formula is C19H25ClF3N3O2. The van der Waals surface area contributed by atoms with Crippen molar-refractivity contribution in [1.82, 2.24) is 10.2 Å².